The maximum Gasteiger partial charge on any atom is 0.220 e. The van der Waals surface area contributed by atoms with Crippen molar-refractivity contribution in [1.82, 2.24) is 5.32 Å². The summed E-state index contributed by atoms with van der Waals surface area (Å²) in [6.45, 7) is 4.61. The lowest BCUT2D eigenvalue weighted by Crippen LogP contribution is -2.30. The Hall–Kier alpha value is -2.62. The minimum atomic E-state index is -0.0425. The van der Waals surface area contributed by atoms with Gasteiger partial charge in [-0.05, 0) is 68.4 Å². The molecule has 0 unspecified atom stereocenters. The standard InChI is InChI=1S/C25H32N2O2/c1-2-27(23-11-4-3-5-12-23)18-8-17-26-25(29)16-15-24(28)22-14-13-20-9-6-7-10-21(20)19-22/h3-5,11-14,19H,2,6-10,15-18H2,1H3,(H,26,29). The van der Waals surface area contributed by atoms with Crippen molar-refractivity contribution in [3.63, 3.8) is 0 Å². The fourth-order valence-corrected chi connectivity index (χ4v) is 3.97. The first-order chi connectivity index (χ1) is 14.2. The molecule has 154 valence electrons. The number of nitrogens with one attached hydrogen (secondary N) is 1. The van der Waals surface area contributed by atoms with Gasteiger partial charge in [0.25, 0.3) is 0 Å². The van der Waals surface area contributed by atoms with Crippen molar-refractivity contribution in [2.75, 3.05) is 24.5 Å². The second-order valence-corrected chi connectivity index (χ2v) is 7.73. The molecular weight excluding hydrogens is 360 g/mol. The second kappa shape index (κ2) is 10.8. The van der Waals surface area contributed by atoms with E-state index in [1.807, 2.05) is 30.3 Å². The van der Waals surface area contributed by atoms with Crippen LogP contribution in [0.2, 0.25) is 0 Å². The van der Waals surface area contributed by atoms with E-state index in [2.05, 4.69) is 35.3 Å². The SMILES string of the molecule is CCN(CCCNC(=O)CCC(=O)c1ccc2c(c1)CCCC2)c1ccccc1. The summed E-state index contributed by atoms with van der Waals surface area (Å²) in [4.78, 5) is 26.9. The third-order valence-corrected chi connectivity index (χ3v) is 5.68. The number of fused-ring (bicyclic) bond motifs is 1. The first-order valence-corrected chi connectivity index (χ1v) is 10.9. The summed E-state index contributed by atoms with van der Waals surface area (Å²) >= 11 is 0. The van der Waals surface area contributed by atoms with Gasteiger partial charge in [0.1, 0.15) is 0 Å². The number of para-hydroxylation sites is 1. The van der Waals surface area contributed by atoms with E-state index in [0.29, 0.717) is 6.54 Å². The Morgan fingerprint density at radius 1 is 0.966 bits per heavy atom. The summed E-state index contributed by atoms with van der Waals surface area (Å²) in [7, 11) is 0. The molecule has 29 heavy (non-hydrogen) atoms. The second-order valence-electron chi connectivity index (χ2n) is 7.73. The van der Waals surface area contributed by atoms with Crippen LogP contribution in [-0.4, -0.2) is 31.3 Å². The predicted octanol–water partition coefficient (Wildman–Crippen LogP) is 4.56. The van der Waals surface area contributed by atoms with Crippen molar-refractivity contribution in [2.24, 2.45) is 0 Å². The number of ketones is 1. The molecule has 0 saturated heterocycles. The van der Waals surface area contributed by atoms with Gasteiger partial charge in [-0.15, -0.1) is 0 Å². The van der Waals surface area contributed by atoms with Gasteiger partial charge in [0, 0.05) is 43.7 Å². The Morgan fingerprint density at radius 2 is 1.72 bits per heavy atom. The van der Waals surface area contributed by atoms with Gasteiger partial charge in [-0.25, -0.2) is 0 Å². The average molecular weight is 393 g/mol. The maximum absolute atomic E-state index is 12.5. The summed E-state index contributed by atoms with van der Waals surface area (Å²) in [6, 6.07) is 16.4. The number of hydrogen-bond acceptors (Lipinski definition) is 3. The molecule has 0 aliphatic heterocycles. The van der Waals surface area contributed by atoms with Crippen molar-refractivity contribution in [2.45, 2.75) is 51.9 Å². The molecule has 4 heteroatoms. The normalized spacial score (nSPS) is 12.9. The molecule has 1 N–H and O–H groups in total. The predicted molar refractivity (Wildman–Crippen MR) is 119 cm³/mol. The number of carbonyl (C=O) groups excluding carboxylic acids is 2. The molecule has 0 aromatic heterocycles. The topological polar surface area (TPSA) is 49.4 Å². The highest BCUT2D eigenvalue weighted by Crippen LogP contribution is 2.23. The summed E-state index contributed by atoms with van der Waals surface area (Å²) < 4.78 is 0. The quantitative estimate of drug-likeness (QED) is 0.476. The number of carbonyl (C=O) groups is 2. The molecule has 1 aliphatic rings. The van der Waals surface area contributed by atoms with Crippen molar-refractivity contribution in [3.05, 3.63) is 65.2 Å². The monoisotopic (exact) mass is 392 g/mol. The van der Waals surface area contributed by atoms with Crippen LogP contribution in [0.1, 0.15) is 60.5 Å². The Balaban J connectivity index is 1.37. The number of anilines is 1. The van der Waals surface area contributed by atoms with Gasteiger partial charge in [-0.2, -0.15) is 0 Å². The van der Waals surface area contributed by atoms with Crippen LogP contribution in [0.15, 0.2) is 48.5 Å². The zero-order chi connectivity index (χ0) is 20.5. The molecule has 0 atom stereocenters. The Bertz CT molecular complexity index is 817. The number of Topliss-reactive ketones (excluding diaryl/α,β-unsaturated/α-hetero) is 1. The highest BCUT2D eigenvalue weighted by Gasteiger charge is 2.14. The Morgan fingerprint density at radius 3 is 2.48 bits per heavy atom. The van der Waals surface area contributed by atoms with Crippen molar-refractivity contribution in [1.29, 1.82) is 0 Å². The molecule has 0 radical (unpaired) electrons. The van der Waals surface area contributed by atoms with Gasteiger partial charge < -0.3 is 10.2 Å². The zero-order valence-electron chi connectivity index (χ0n) is 17.5. The summed E-state index contributed by atoms with van der Waals surface area (Å²) in [5.74, 6) is 0.0221. The Labute approximate surface area is 174 Å². The molecule has 2 aromatic carbocycles. The minimum Gasteiger partial charge on any atom is -0.372 e. The van der Waals surface area contributed by atoms with Crippen molar-refractivity contribution >= 4 is 17.4 Å². The van der Waals surface area contributed by atoms with Crippen LogP contribution in [0.3, 0.4) is 0 Å². The maximum atomic E-state index is 12.5. The van der Waals surface area contributed by atoms with Gasteiger partial charge >= 0.3 is 0 Å². The van der Waals surface area contributed by atoms with E-state index < -0.39 is 0 Å². The number of aryl methyl sites for hydroxylation is 2. The van der Waals surface area contributed by atoms with Gasteiger partial charge in [-0.3, -0.25) is 9.59 Å². The zero-order valence-corrected chi connectivity index (χ0v) is 17.5. The van der Waals surface area contributed by atoms with Crippen LogP contribution in [0, 0.1) is 0 Å². The van der Waals surface area contributed by atoms with Crippen molar-refractivity contribution < 1.29 is 9.59 Å². The van der Waals surface area contributed by atoms with E-state index in [-0.39, 0.29) is 24.5 Å². The molecule has 2 aromatic rings. The third kappa shape index (κ3) is 6.18. The van der Waals surface area contributed by atoms with Crippen LogP contribution in [0.25, 0.3) is 0 Å². The highest BCUT2D eigenvalue weighted by atomic mass is 16.2. The lowest BCUT2D eigenvalue weighted by atomic mass is 9.89. The number of benzene rings is 2. The number of nitrogens with zero attached hydrogens (tertiary/aromatic N) is 1. The van der Waals surface area contributed by atoms with Crippen LogP contribution in [0.5, 0.6) is 0 Å². The molecule has 0 heterocycles. The van der Waals surface area contributed by atoms with Gasteiger partial charge in [0.2, 0.25) is 5.91 Å². The van der Waals surface area contributed by atoms with E-state index in [9.17, 15) is 9.59 Å². The summed E-state index contributed by atoms with van der Waals surface area (Å²) in [5.41, 5.74) is 4.64. The first-order valence-electron chi connectivity index (χ1n) is 10.9. The summed E-state index contributed by atoms with van der Waals surface area (Å²) in [5, 5.41) is 2.95. The van der Waals surface area contributed by atoms with E-state index in [0.717, 1.165) is 37.9 Å². The largest absolute Gasteiger partial charge is 0.372 e. The van der Waals surface area contributed by atoms with Crippen LogP contribution >= 0.6 is 0 Å². The van der Waals surface area contributed by atoms with E-state index in [1.165, 1.54) is 29.7 Å². The number of hydrogen-bond donors (Lipinski definition) is 1. The Kier molecular flexibility index (Phi) is 7.85. The van der Waals surface area contributed by atoms with Gasteiger partial charge in [-0.1, -0.05) is 30.3 Å². The number of rotatable bonds is 10. The average Bonchev–Trinajstić information content (AvgIpc) is 2.77. The van der Waals surface area contributed by atoms with Crippen LogP contribution in [-0.2, 0) is 17.6 Å². The highest BCUT2D eigenvalue weighted by molar-refractivity contribution is 5.98. The molecule has 4 nitrogen and oxygen atoms in total. The van der Waals surface area contributed by atoms with E-state index >= 15 is 0 Å². The molecular formula is C25H32N2O2. The molecule has 0 fully saturated rings. The summed E-state index contributed by atoms with van der Waals surface area (Å²) in [6.07, 6.45) is 6.03. The lowest BCUT2D eigenvalue weighted by Gasteiger charge is -2.23. The smallest absolute Gasteiger partial charge is 0.220 e. The molecule has 0 bridgehead atoms. The molecule has 3 rings (SSSR count). The number of amides is 1. The van der Waals surface area contributed by atoms with Crippen LogP contribution in [0.4, 0.5) is 5.69 Å². The van der Waals surface area contributed by atoms with E-state index in [4.69, 9.17) is 0 Å². The van der Waals surface area contributed by atoms with Gasteiger partial charge in [0.05, 0.1) is 0 Å². The fourth-order valence-electron chi connectivity index (χ4n) is 3.97. The third-order valence-electron chi connectivity index (χ3n) is 5.68. The fraction of sp³-hybridized carbons (Fsp3) is 0.440. The van der Waals surface area contributed by atoms with Gasteiger partial charge in [0.15, 0.2) is 5.78 Å². The molecule has 0 saturated carbocycles. The first kappa shape index (κ1) is 21.1. The molecule has 1 amide bonds. The van der Waals surface area contributed by atoms with Crippen molar-refractivity contribution in [3.8, 4) is 0 Å². The molecule has 1 aliphatic carbocycles. The minimum absolute atomic E-state index is 0.0425. The molecule has 0 spiro atoms. The lowest BCUT2D eigenvalue weighted by molar-refractivity contribution is -0.121. The van der Waals surface area contributed by atoms with E-state index in [1.54, 1.807) is 0 Å². The van der Waals surface area contributed by atoms with Crippen LogP contribution < -0.4 is 10.2 Å².